The van der Waals surface area contributed by atoms with Gasteiger partial charge in [0.2, 0.25) is 0 Å². The van der Waals surface area contributed by atoms with Crippen molar-refractivity contribution in [3.05, 3.63) is 41.2 Å². The minimum Gasteiger partial charge on any atom is -1.00 e. The molecule has 0 amide bonds. The maximum atomic E-state index is 12.9. The average molecular weight is 253 g/mol. The largest absolute Gasteiger partial charge is 2.00 e. The molecule has 0 N–H and O–H groups in total. The van der Waals surface area contributed by atoms with Crippen LogP contribution in [0.3, 0.4) is 0 Å². The van der Waals surface area contributed by atoms with Gasteiger partial charge in [-0.25, -0.2) is 0 Å². The zero-order valence-electron chi connectivity index (χ0n) is 7.77. The Labute approximate surface area is 105 Å². The topological polar surface area (TPSA) is 0 Å². The third-order valence-corrected chi connectivity index (χ3v) is 1.29. The summed E-state index contributed by atoms with van der Waals surface area (Å²) in [5.41, 5.74) is 1.72. The summed E-state index contributed by atoms with van der Waals surface area (Å²) >= 11 is 0. The predicted molar refractivity (Wildman–Crippen MR) is 50.3 cm³/mol. The van der Waals surface area contributed by atoms with Gasteiger partial charge in [0.15, 0.2) is 0 Å². The third-order valence-electron chi connectivity index (χ3n) is 1.29. The molecular weight excluding hydrogens is 243 g/mol. The van der Waals surface area contributed by atoms with Crippen molar-refractivity contribution in [2.45, 2.75) is 13.8 Å². The minimum atomic E-state index is -0.214. The van der Waals surface area contributed by atoms with E-state index in [1.165, 1.54) is 6.07 Å². The molecule has 1 aromatic rings. The van der Waals surface area contributed by atoms with Gasteiger partial charge in [-0.15, -0.1) is 11.6 Å². The monoisotopic (exact) mass is 252 g/mol. The van der Waals surface area contributed by atoms with E-state index in [1.54, 1.807) is 12.1 Å². The Morgan fingerprint density at radius 2 is 2.08 bits per heavy atom. The Morgan fingerprint density at radius 3 is 2.54 bits per heavy atom. The van der Waals surface area contributed by atoms with Crippen LogP contribution in [0.15, 0.2) is 23.8 Å². The van der Waals surface area contributed by atoms with Crippen molar-refractivity contribution in [2.24, 2.45) is 0 Å². The number of halogens is 2. The first-order chi connectivity index (χ1) is 5.20. The molecule has 0 unspecified atom stereocenters. The van der Waals surface area contributed by atoms with Crippen LogP contribution in [-0.2, 0) is 0 Å². The molecule has 0 saturated carbocycles. The van der Waals surface area contributed by atoms with Gasteiger partial charge in [-0.05, 0) is 13.8 Å². The predicted octanol–water partition coefficient (Wildman–Crippen LogP) is -0.328. The Balaban J connectivity index is 0. The molecule has 0 aliphatic rings. The molecule has 1 aromatic carbocycles. The number of hydrogen-bond donors (Lipinski definition) is 0. The van der Waals surface area contributed by atoms with E-state index in [0.717, 1.165) is 5.57 Å². The fraction of sp³-hybridized carbons (Fsp3) is 0.200. The van der Waals surface area contributed by atoms with E-state index in [-0.39, 0.29) is 45.9 Å². The second kappa shape index (κ2) is 7.53. The fourth-order valence-electron chi connectivity index (χ4n) is 0.850. The van der Waals surface area contributed by atoms with E-state index in [1.807, 2.05) is 19.9 Å². The van der Waals surface area contributed by atoms with Crippen molar-refractivity contribution in [1.82, 2.24) is 0 Å². The Bertz CT molecular complexity index is 280. The maximum absolute atomic E-state index is 12.9. The Hall–Kier alpha value is 0.136. The van der Waals surface area contributed by atoms with E-state index >= 15 is 0 Å². The third kappa shape index (κ3) is 5.44. The van der Waals surface area contributed by atoms with Crippen molar-refractivity contribution >= 4 is 29.1 Å². The smallest absolute Gasteiger partial charge is 1.00 e. The van der Waals surface area contributed by atoms with E-state index < -0.39 is 0 Å². The van der Waals surface area contributed by atoms with Crippen molar-refractivity contribution in [3.63, 3.8) is 0 Å². The standard InChI is InChI=1S/C10H10F.BrH.Mg/c1-8(2)7-9-5-3-4-6-10(9)11;;/h3,5-7H,1-2H3;1H;/q-1;;+2/p-1. The first-order valence-corrected chi connectivity index (χ1v) is 3.50. The normalized spacial score (nSPS) is 7.92. The molecule has 0 aliphatic carbocycles. The van der Waals surface area contributed by atoms with Gasteiger partial charge < -0.3 is 17.0 Å². The van der Waals surface area contributed by atoms with Crippen LogP contribution in [-0.4, -0.2) is 23.1 Å². The van der Waals surface area contributed by atoms with Crippen molar-refractivity contribution in [1.29, 1.82) is 0 Å². The second-order valence-electron chi connectivity index (χ2n) is 2.67. The zero-order chi connectivity index (χ0) is 8.27. The average Bonchev–Trinajstić information content (AvgIpc) is 1.93. The first-order valence-electron chi connectivity index (χ1n) is 3.50. The number of hydrogen-bond acceptors (Lipinski definition) is 0. The number of rotatable bonds is 1. The Kier molecular flexibility index (Phi) is 9.04. The molecule has 3 heteroatoms. The van der Waals surface area contributed by atoms with Gasteiger partial charge in [-0.3, -0.25) is 4.39 Å². The van der Waals surface area contributed by atoms with Gasteiger partial charge >= 0.3 is 23.1 Å². The summed E-state index contributed by atoms with van der Waals surface area (Å²) in [4.78, 5) is 0. The molecule has 0 saturated heterocycles. The first kappa shape index (κ1) is 15.6. The van der Waals surface area contributed by atoms with E-state index in [4.69, 9.17) is 0 Å². The molecule has 66 valence electrons. The van der Waals surface area contributed by atoms with Crippen LogP contribution in [0.4, 0.5) is 4.39 Å². The summed E-state index contributed by atoms with van der Waals surface area (Å²) in [6.45, 7) is 3.88. The molecule has 0 nitrogen and oxygen atoms in total. The zero-order valence-corrected chi connectivity index (χ0v) is 10.8. The summed E-state index contributed by atoms with van der Waals surface area (Å²) in [7, 11) is 0. The molecule has 0 fully saturated rings. The summed E-state index contributed by atoms with van der Waals surface area (Å²) < 4.78 is 12.9. The van der Waals surface area contributed by atoms with Gasteiger partial charge in [0.25, 0.3) is 0 Å². The Morgan fingerprint density at radius 1 is 1.46 bits per heavy atom. The van der Waals surface area contributed by atoms with Crippen molar-refractivity contribution in [2.75, 3.05) is 0 Å². The van der Waals surface area contributed by atoms with Crippen LogP contribution in [0, 0.1) is 11.9 Å². The molecule has 0 aromatic heterocycles. The molecule has 13 heavy (non-hydrogen) atoms. The maximum Gasteiger partial charge on any atom is 2.00 e. The fourth-order valence-corrected chi connectivity index (χ4v) is 0.850. The van der Waals surface area contributed by atoms with Gasteiger partial charge in [-0.2, -0.15) is 18.2 Å². The summed E-state index contributed by atoms with van der Waals surface area (Å²) in [5.74, 6) is -0.214. The number of benzene rings is 1. The quantitative estimate of drug-likeness (QED) is 0.475. The van der Waals surface area contributed by atoms with Gasteiger partial charge in [0.1, 0.15) is 0 Å². The molecule has 0 aliphatic heterocycles. The van der Waals surface area contributed by atoms with Crippen LogP contribution >= 0.6 is 0 Å². The SMILES string of the molecule is CC(C)=Cc1cc[c-]cc1F.[Br-].[Mg+2]. The molecule has 0 atom stereocenters. The van der Waals surface area contributed by atoms with Crippen LogP contribution in [0.2, 0.25) is 0 Å². The van der Waals surface area contributed by atoms with Crippen molar-refractivity contribution in [3.8, 4) is 0 Å². The summed E-state index contributed by atoms with van der Waals surface area (Å²) in [6.07, 6.45) is 1.81. The molecular formula is C10H10BrFMg. The number of allylic oxidation sites excluding steroid dienone is 1. The van der Waals surface area contributed by atoms with Crippen LogP contribution < -0.4 is 17.0 Å². The van der Waals surface area contributed by atoms with E-state index in [9.17, 15) is 4.39 Å². The molecule has 0 spiro atoms. The summed E-state index contributed by atoms with van der Waals surface area (Å²) in [6, 6.07) is 7.43. The molecule has 1 rings (SSSR count). The summed E-state index contributed by atoms with van der Waals surface area (Å²) in [5, 5.41) is 0. The molecule has 0 radical (unpaired) electrons. The van der Waals surface area contributed by atoms with E-state index in [2.05, 4.69) is 6.07 Å². The molecule has 0 heterocycles. The minimum absolute atomic E-state index is 0. The van der Waals surface area contributed by atoms with Gasteiger partial charge in [0.05, 0.1) is 0 Å². The van der Waals surface area contributed by atoms with Crippen LogP contribution in [0.1, 0.15) is 19.4 Å². The van der Waals surface area contributed by atoms with Gasteiger partial charge in [0, 0.05) is 5.82 Å². The molecule has 0 bridgehead atoms. The van der Waals surface area contributed by atoms with E-state index in [0.29, 0.717) is 5.56 Å². The van der Waals surface area contributed by atoms with Gasteiger partial charge in [-0.1, -0.05) is 11.6 Å². The second-order valence-corrected chi connectivity index (χ2v) is 2.67. The van der Waals surface area contributed by atoms with Crippen LogP contribution in [0.25, 0.3) is 6.08 Å². The van der Waals surface area contributed by atoms with Crippen LogP contribution in [0.5, 0.6) is 0 Å². The van der Waals surface area contributed by atoms with Crippen molar-refractivity contribution < 1.29 is 21.4 Å².